The molecule has 0 unspecified atom stereocenters. The van der Waals surface area contributed by atoms with E-state index in [0.717, 1.165) is 12.2 Å². The molecule has 2 N–H and O–H groups in total. The molecule has 12 heavy (non-hydrogen) atoms. The average molecular weight is 168 g/mol. The van der Waals surface area contributed by atoms with Crippen LogP contribution in [0, 0.1) is 0 Å². The smallest absolute Gasteiger partial charge is 0.328 e. The van der Waals surface area contributed by atoms with Crippen LogP contribution >= 0.6 is 0 Å². The maximum absolute atomic E-state index is 9.91. The standard InChI is InChI=1S/C8H8O4/c9-7(10)5-3-1-2-4-6-8(11)12/h1-6H,(H,9,10)(H,11,12)/b2-1+,5-3-,6-4+. The van der Waals surface area contributed by atoms with Crippen LogP contribution in [0.15, 0.2) is 36.5 Å². The average Bonchev–Trinajstić information content (AvgIpc) is 1.95. The number of hydrogen-bond acceptors (Lipinski definition) is 2. The molecule has 0 fully saturated rings. The van der Waals surface area contributed by atoms with E-state index in [-0.39, 0.29) is 0 Å². The topological polar surface area (TPSA) is 74.6 Å². The molecule has 4 heteroatoms. The summed E-state index contributed by atoms with van der Waals surface area (Å²) in [5.41, 5.74) is 0. The Morgan fingerprint density at radius 1 is 0.750 bits per heavy atom. The Hall–Kier alpha value is -1.84. The minimum Gasteiger partial charge on any atom is -0.478 e. The van der Waals surface area contributed by atoms with Crippen LogP contribution in [0.25, 0.3) is 0 Å². The molecule has 0 aliphatic carbocycles. The van der Waals surface area contributed by atoms with Gasteiger partial charge in [0.25, 0.3) is 0 Å². The predicted molar refractivity (Wildman–Crippen MR) is 42.7 cm³/mol. The van der Waals surface area contributed by atoms with Gasteiger partial charge in [0, 0.05) is 12.2 Å². The third-order valence-corrected chi connectivity index (χ3v) is 0.811. The van der Waals surface area contributed by atoms with E-state index in [2.05, 4.69) is 0 Å². The zero-order valence-corrected chi connectivity index (χ0v) is 6.18. The first kappa shape index (κ1) is 10.2. The van der Waals surface area contributed by atoms with Gasteiger partial charge < -0.3 is 10.2 Å². The van der Waals surface area contributed by atoms with Crippen molar-refractivity contribution in [3.8, 4) is 0 Å². The van der Waals surface area contributed by atoms with Crippen molar-refractivity contribution in [3.05, 3.63) is 36.5 Å². The lowest BCUT2D eigenvalue weighted by atomic mass is 10.4. The summed E-state index contributed by atoms with van der Waals surface area (Å²) in [4.78, 5) is 19.8. The minimum absolute atomic E-state index is 0.950. The molecule has 0 rings (SSSR count). The second kappa shape index (κ2) is 5.91. The van der Waals surface area contributed by atoms with Gasteiger partial charge in [-0.25, -0.2) is 9.59 Å². The van der Waals surface area contributed by atoms with Gasteiger partial charge in [0.2, 0.25) is 0 Å². The van der Waals surface area contributed by atoms with Crippen molar-refractivity contribution in [1.82, 2.24) is 0 Å². The Balaban J connectivity index is 3.78. The fraction of sp³-hybridized carbons (Fsp3) is 0. The van der Waals surface area contributed by atoms with Gasteiger partial charge in [-0.15, -0.1) is 0 Å². The summed E-state index contributed by atoms with van der Waals surface area (Å²) in [7, 11) is 0. The van der Waals surface area contributed by atoms with Crippen LogP contribution in [0.5, 0.6) is 0 Å². The highest BCUT2D eigenvalue weighted by atomic mass is 16.4. The van der Waals surface area contributed by atoms with Crippen molar-refractivity contribution in [3.63, 3.8) is 0 Å². The second-order valence-electron chi connectivity index (χ2n) is 1.78. The molecule has 0 radical (unpaired) electrons. The number of carbonyl (C=O) groups is 2. The number of rotatable bonds is 4. The molecule has 0 aliphatic heterocycles. The van der Waals surface area contributed by atoms with Gasteiger partial charge in [0.05, 0.1) is 0 Å². The van der Waals surface area contributed by atoms with Crippen LogP contribution in [-0.2, 0) is 9.59 Å². The maximum atomic E-state index is 9.91. The molecule has 64 valence electrons. The molecule has 0 aliphatic rings. The third kappa shape index (κ3) is 8.16. The SMILES string of the molecule is O=C(O)\C=C/C=C/C=C/C(=O)O. The molecular formula is C8H8O4. The number of carboxylic acids is 2. The van der Waals surface area contributed by atoms with Gasteiger partial charge in [-0.1, -0.05) is 24.3 Å². The molecule has 0 saturated heterocycles. The van der Waals surface area contributed by atoms with E-state index in [1.165, 1.54) is 24.3 Å². The maximum Gasteiger partial charge on any atom is 0.328 e. The summed E-state index contributed by atoms with van der Waals surface area (Å²) in [6, 6.07) is 0. The zero-order valence-electron chi connectivity index (χ0n) is 6.18. The Morgan fingerprint density at radius 2 is 1.08 bits per heavy atom. The molecule has 0 spiro atoms. The van der Waals surface area contributed by atoms with Crippen LogP contribution in [-0.4, -0.2) is 22.2 Å². The molecule has 0 aromatic heterocycles. The van der Waals surface area contributed by atoms with E-state index in [4.69, 9.17) is 10.2 Å². The first-order chi connectivity index (χ1) is 5.63. The van der Waals surface area contributed by atoms with Gasteiger partial charge in [-0.2, -0.15) is 0 Å². The van der Waals surface area contributed by atoms with E-state index in [1.807, 2.05) is 0 Å². The molecule has 0 amide bonds. The van der Waals surface area contributed by atoms with Crippen molar-refractivity contribution >= 4 is 11.9 Å². The van der Waals surface area contributed by atoms with Gasteiger partial charge in [0.1, 0.15) is 0 Å². The van der Waals surface area contributed by atoms with Crippen LogP contribution in [0.4, 0.5) is 0 Å². The van der Waals surface area contributed by atoms with Gasteiger partial charge >= 0.3 is 11.9 Å². The normalized spacial score (nSPS) is 11.7. The minimum atomic E-state index is -1.04. The lowest BCUT2D eigenvalue weighted by molar-refractivity contribution is -0.132. The largest absolute Gasteiger partial charge is 0.478 e. The van der Waals surface area contributed by atoms with Gasteiger partial charge in [-0.05, 0) is 0 Å². The first-order valence-corrected chi connectivity index (χ1v) is 3.10. The van der Waals surface area contributed by atoms with Crippen molar-refractivity contribution in [2.45, 2.75) is 0 Å². The lowest BCUT2D eigenvalue weighted by Gasteiger charge is -1.75. The summed E-state index contributed by atoms with van der Waals surface area (Å²) in [5, 5.41) is 16.3. The molecular weight excluding hydrogens is 160 g/mol. The second-order valence-corrected chi connectivity index (χ2v) is 1.78. The van der Waals surface area contributed by atoms with E-state index in [1.54, 1.807) is 0 Å². The van der Waals surface area contributed by atoms with Crippen LogP contribution in [0.1, 0.15) is 0 Å². The van der Waals surface area contributed by atoms with Crippen molar-refractivity contribution in [2.75, 3.05) is 0 Å². The van der Waals surface area contributed by atoms with Gasteiger partial charge in [-0.3, -0.25) is 0 Å². The monoisotopic (exact) mass is 168 g/mol. The molecule has 0 aromatic carbocycles. The number of hydrogen-bond donors (Lipinski definition) is 2. The molecule has 0 bridgehead atoms. The molecule has 0 heterocycles. The summed E-state index contributed by atoms with van der Waals surface area (Å²) in [6.45, 7) is 0. The molecule has 0 aromatic rings. The summed E-state index contributed by atoms with van der Waals surface area (Å²) >= 11 is 0. The van der Waals surface area contributed by atoms with Crippen molar-refractivity contribution in [2.24, 2.45) is 0 Å². The Bertz CT molecular complexity index is 222. The highest BCUT2D eigenvalue weighted by molar-refractivity contribution is 5.80. The van der Waals surface area contributed by atoms with E-state index < -0.39 is 11.9 Å². The summed E-state index contributed by atoms with van der Waals surface area (Å²) in [5.74, 6) is -2.08. The third-order valence-electron chi connectivity index (χ3n) is 0.811. The Morgan fingerprint density at radius 3 is 1.33 bits per heavy atom. The zero-order chi connectivity index (χ0) is 9.40. The van der Waals surface area contributed by atoms with Crippen LogP contribution in [0.2, 0.25) is 0 Å². The molecule has 0 saturated carbocycles. The molecule has 4 nitrogen and oxygen atoms in total. The summed E-state index contributed by atoms with van der Waals surface area (Å²) in [6.07, 6.45) is 7.35. The highest BCUT2D eigenvalue weighted by Gasteiger charge is 1.81. The Kier molecular flexibility index (Phi) is 5.00. The highest BCUT2D eigenvalue weighted by Crippen LogP contribution is 1.80. The molecule has 0 atom stereocenters. The fourth-order valence-electron chi connectivity index (χ4n) is 0.404. The summed E-state index contributed by atoms with van der Waals surface area (Å²) < 4.78 is 0. The van der Waals surface area contributed by atoms with E-state index >= 15 is 0 Å². The lowest BCUT2D eigenvalue weighted by Crippen LogP contribution is -1.84. The fourth-order valence-corrected chi connectivity index (χ4v) is 0.404. The van der Waals surface area contributed by atoms with Crippen molar-refractivity contribution < 1.29 is 19.8 Å². The van der Waals surface area contributed by atoms with Gasteiger partial charge in [0.15, 0.2) is 0 Å². The van der Waals surface area contributed by atoms with Crippen LogP contribution < -0.4 is 0 Å². The first-order valence-electron chi connectivity index (χ1n) is 3.10. The van der Waals surface area contributed by atoms with Crippen molar-refractivity contribution in [1.29, 1.82) is 0 Å². The van der Waals surface area contributed by atoms with Crippen LogP contribution in [0.3, 0.4) is 0 Å². The Labute approximate surface area is 69.1 Å². The van der Waals surface area contributed by atoms with E-state index in [9.17, 15) is 9.59 Å². The number of allylic oxidation sites excluding steroid dienone is 4. The number of aliphatic carboxylic acids is 2. The predicted octanol–water partition coefficient (Wildman–Crippen LogP) is 0.824. The quantitative estimate of drug-likeness (QED) is 0.481. The van der Waals surface area contributed by atoms with E-state index in [0.29, 0.717) is 0 Å². The number of carboxylic acid groups (broad SMARTS) is 2.